The standard InChI is InChI=1S/C19H22IN5O5/c1-23-16-15(17(27)22-19(23)28)25(18(21-16)24-6-8-29-9-7-24)10-13(26)11-30-14-4-2-12(20)3-5-14/h2-5,13,26H,6-11H2,1H3,(H,22,27,28)/t13-/m1/s1. The smallest absolute Gasteiger partial charge is 0.329 e. The van der Waals surface area contributed by atoms with Crippen molar-refractivity contribution < 1.29 is 14.6 Å². The normalized spacial score (nSPS) is 15.5. The van der Waals surface area contributed by atoms with Gasteiger partial charge in [-0.2, -0.15) is 4.98 Å². The van der Waals surface area contributed by atoms with Gasteiger partial charge in [0.25, 0.3) is 5.56 Å². The van der Waals surface area contributed by atoms with Crippen molar-refractivity contribution in [3.8, 4) is 5.75 Å². The molecule has 0 bridgehead atoms. The van der Waals surface area contributed by atoms with Gasteiger partial charge in [0.1, 0.15) is 18.5 Å². The number of rotatable bonds is 6. The van der Waals surface area contributed by atoms with Crippen molar-refractivity contribution in [1.29, 1.82) is 0 Å². The Morgan fingerprint density at radius 2 is 1.97 bits per heavy atom. The Hall–Kier alpha value is -2.38. The largest absolute Gasteiger partial charge is 0.491 e. The number of nitrogens with one attached hydrogen (secondary N) is 1. The lowest BCUT2D eigenvalue weighted by Crippen LogP contribution is -2.39. The van der Waals surface area contributed by atoms with Crippen LogP contribution in [0.4, 0.5) is 5.95 Å². The van der Waals surface area contributed by atoms with Gasteiger partial charge in [0.2, 0.25) is 5.95 Å². The first-order valence-electron chi connectivity index (χ1n) is 9.52. The summed E-state index contributed by atoms with van der Waals surface area (Å²) in [4.78, 5) is 33.4. The van der Waals surface area contributed by atoms with Gasteiger partial charge >= 0.3 is 5.69 Å². The Kier molecular flexibility index (Phi) is 6.11. The van der Waals surface area contributed by atoms with Crippen LogP contribution in [0.1, 0.15) is 0 Å². The number of aromatic amines is 1. The first-order valence-corrected chi connectivity index (χ1v) is 10.6. The van der Waals surface area contributed by atoms with Crippen LogP contribution >= 0.6 is 22.6 Å². The van der Waals surface area contributed by atoms with E-state index >= 15 is 0 Å². The van der Waals surface area contributed by atoms with Crippen LogP contribution in [-0.4, -0.2) is 63.2 Å². The van der Waals surface area contributed by atoms with Gasteiger partial charge in [-0.1, -0.05) is 0 Å². The number of aliphatic hydroxyl groups excluding tert-OH is 1. The number of aliphatic hydroxyl groups is 1. The zero-order valence-electron chi connectivity index (χ0n) is 16.4. The lowest BCUT2D eigenvalue weighted by Gasteiger charge is -2.28. The topological polar surface area (TPSA) is 115 Å². The molecular weight excluding hydrogens is 505 g/mol. The van der Waals surface area contributed by atoms with E-state index in [2.05, 4.69) is 32.6 Å². The molecule has 0 amide bonds. The lowest BCUT2D eigenvalue weighted by molar-refractivity contribution is 0.0927. The second-order valence-corrected chi connectivity index (χ2v) is 8.28. The molecule has 160 valence electrons. The van der Waals surface area contributed by atoms with Crippen molar-refractivity contribution in [3.63, 3.8) is 0 Å². The van der Waals surface area contributed by atoms with E-state index in [9.17, 15) is 14.7 Å². The SMILES string of the molecule is Cn1c(=O)[nH]c(=O)c2c1nc(N1CCOCC1)n2C[C@@H](O)COc1ccc(I)cc1. The molecule has 3 aromatic rings. The highest BCUT2D eigenvalue weighted by Crippen LogP contribution is 2.21. The Morgan fingerprint density at radius 3 is 2.67 bits per heavy atom. The van der Waals surface area contributed by atoms with Crippen LogP contribution in [0.3, 0.4) is 0 Å². The monoisotopic (exact) mass is 527 g/mol. The summed E-state index contributed by atoms with van der Waals surface area (Å²) in [5, 5.41) is 10.6. The van der Waals surface area contributed by atoms with Crippen molar-refractivity contribution in [2.45, 2.75) is 12.6 Å². The van der Waals surface area contributed by atoms with Gasteiger partial charge in [-0.25, -0.2) is 4.79 Å². The summed E-state index contributed by atoms with van der Waals surface area (Å²) < 4.78 is 15.1. The van der Waals surface area contributed by atoms with Gasteiger partial charge in [0.05, 0.1) is 19.8 Å². The summed E-state index contributed by atoms with van der Waals surface area (Å²) in [7, 11) is 1.55. The molecule has 1 aliphatic rings. The van der Waals surface area contributed by atoms with E-state index in [1.807, 2.05) is 29.2 Å². The van der Waals surface area contributed by atoms with Crippen LogP contribution in [0.15, 0.2) is 33.9 Å². The number of halogens is 1. The van der Waals surface area contributed by atoms with Crippen molar-refractivity contribution in [2.24, 2.45) is 7.05 Å². The minimum absolute atomic E-state index is 0.0481. The molecule has 11 heteroatoms. The van der Waals surface area contributed by atoms with Crippen LogP contribution in [0.2, 0.25) is 0 Å². The quantitative estimate of drug-likeness (QED) is 0.444. The van der Waals surface area contributed by atoms with Crippen molar-refractivity contribution >= 4 is 39.7 Å². The Morgan fingerprint density at radius 1 is 1.27 bits per heavy atom. The third kappa shape index (κ3) is 4.23. The number of aromatic nitrogens is 4. The number of ether oxygens (including phenoxy) is 2. The number of nitrogens with zero attached hydrogens (tertiary/aromatic N) is 4. The highest BCUT2D eigenvalue weighted by Gasteiger charge is 2.24. The first kappa shape index (κ1) is 20.9. The summed E-state index contributed by atoms with van der Waals surface area (Å²) in [6.45, 7) is 2.42. The zero-order valence-corrected chi connectivity index (χ0v) is 18.5. The molecular formula is C19H22IN5O5. The molecule has 1 atom stereocenters. The summed E-state index contributed by atoms with van der Waals surface area (Å²) in [6, 6.07) is 7.51. The van der Waals surface area contributed by atoms with Crippen molar-refractivity contribution in [3.05, 3.63) is 48.7 Å². The Bertz CT molecular complexity index is 1150. The Balaban J connectivity index is 1.65. The predicted molar refractivity (Wildman–Crippen MR) is 119 cm³/mol. The molecule has 30 heavy (non-hydrogen) atoms. The number of benzene rings is 1. The minimum Gasteiger partial charge on any atom is -0.491 e. The molecule has 1 saturated heterocycles. The highest BCUT2D eigenvalue weighted by molar-refractivity contribution is 14.1. The number of hydrogen-bond acceptors (Lipinski definition) is 7. The van der Waals surface area contributed by atoms with E-state index in [4.69, 9.17) is 9.47 Å². The maximum absolute atomic E-state index is 12.6. The van der Waals surface area contributed by atoms with Crippen LogP contribution in [0.5, 0.6) is 5.75 Å². The molecule has 1 aromatic carbocycles. The summed E-state index contributed by atoms with van der Waals surface area (Å²) >= 11 is 2.21. The van der Waals surface area contributed by atoms with Gasteiger partial charge in [-0.15, -0.1) is 0 Å². The number of morpholine rings is 1. The minimum atomic E-state index is -0.891. The Labute approximate surface area is 185 Å². The molecule has 1 fully saturated rings. The van der Waals surface area contributed by atoms with E-state index in [0.717, 1.165) is 3.57 Å². The second-order valence-electron chi connectivity index (χ2n) is 7.03. The van der Waals surface area contributed by atoms with E-state index < -0.39 is 17.4 Å². The average molecular weight is 527 g/mol. The molecule has 0 radical (unpaired) electrons. The first-order chi connectivity index (χ1) is 14.4. The van der Waals surface area contributed by atoms with E-state index in [0.29, 0.717) is 38.0 Å². The third-order valence-electron chi connectivity index (χ3n) is 4.93. The predicted octanol–water partition coefficient (Wildman–Crippen LogP) is 0.304. The summed E-state index contributed by atoms with van der Waals surface area (Å²) in [5.74, 6) is 1.17. The summed E-state index contributed by atoms with van der Waals surface area (Å²) in [6.07, 6.45) is -0.891. The molecule has 0 unspecified atom stereocenters. The maximum atomic E-state index is 12.6. The van der Waals surface area contributed by atoms with Gasteiger partial charge in [0.15, 0.2) is 11.2 Å². The average Bonchev–Trinajstić information content (AvgIpc) is 3.12. The van der Waals surface area contributed by atoms with Gasteiger partial charge in [-0.05, 0) is 46.9 Å². The number of aryl methyl sites for hydroxylation is 1. The molecule has 0 aliphatic carbocycles. The van der Waals surface area contributed by atoms with Crippen molar-refractivity contribution in [2.75, 3.05) is 37.8 Å². The van der Waals surface area contributed by atoms with E-state index in [1.165, 1.54) is 4.57 Å². The number of anilines is 1. The highest BCUT2D eigenvalue weighted by atomic mass is 127. The van der Waals surface area contributed by atoms with Gasteiger partial charge in [-0.3, -0.25) is 14.3 Å². The van der Waals surface area contributed by atoms with Crippen LogP contribution < -0.4 is 20.9 Å². The van der Waals surface area contributed by atoms with Crippen LogP contribution in [0, 0.1) is 3.57 Å². The van der Waals surface area contributed by atoms with Gasteiger partial charge < -0.3 is 24.0 Å². The molecule has 0 spiro atoms. The maximum Gasteiger partial charge on any atom is 0.329 e. The lowest BCUT2D eigenvalue weighted by atomic mass is 10.3. The number of hydrogen-bond donors (Lipinski definition) is 2. The zero-order chi connectivity index (χ0) is 21.3. The fraction of sp³-hybridized carbons (Fsp3) is 0.421. The van der Waals surface area contributed by atoms with E-state index in [-0.39, 0.29) is 24.3 Å². The molecule has 0 saturated carbocycles. The second kappa shape index (κ2) is 8.78. The van der Waals surface area contributed by atoms with Crippen molar-refractivity contribution in [1.82, 2.24) is 19.1 Å². The third-order valence-corrected chi connectivity index (χ3v) is 5.65. The number of fused-ring (bicyclic) bond motifs is 1. The summed E-state index contributed by atoms with van der Waals surface area (Å²) in [5.41, 5.74) is -0.554. The molecule has 4 rings (SSSR count). The van der Waals surface area contributed by atoms with Crippen LogP contribution in [-0.2, 0) is 18.3 Å². The fourth-order valence-corrected chi connectivity index (χ4v) is 3.75. The molecule has 2 N–H and O–H groups in total. The molecule has 2 aromatic heterocycles. The molecule has 10 nitrogen and oxygen atoms in total. The number of H-pyrrole nitrogens is 1. The number of imidazole rings is 1. The fourth-order valence-electron chi connectivity index (χ4n) is 3.39. The molecule has 1 aliphatic heterocycles. The molecule has 3 heterocycles. The van der Waals surface area contributed by atoms with Gasteiger partial charge in [0, 0.05) is 23.7 Å². The van der Waals surface area contributed by atoms with Crippen LogP contribution in [0.25, 0.3) is 11.2 Å². The van der Waals surface area contributed by atoms with E-state index in [1.54, 1.807) is 11.6 Å².